The zero-order valence-corrected chi connectivity index (χ0v) is 15.5. The number of nitrogens with one attached hydrogen (secondary N) is 1. The third-order valence-corrected chi connectivity index (χ3v) is 5.79. The molecule has 0 aliphatic carbocycles. The van der Waals surface area contributed by atoms with E-state index in [1.807, 2.05) is 23.1 Å². The maximum absolute atomic E-state index is 12.6. The predicted octanol–water partition coefficient (Wildman–Crippen LogP) is 3.50. The van der Waals surface area contributed by atoms with Crippen molar-refractivity contribution >= 4 is 29.0 Å². The minimum atomic E-state index is -0.0487. The number of piperazine rings is 1. The molecule has 1 N–H and O–H groups in total. The molecule has 6 heteroatoms. The second-order valence-electron chi connectivity index (χ2n) is 6.95. The molecule has 0 spiro atoms. The van der Waals surface area contributed by atoms with E-state index in [0.29, 0.717) is 11.1 Å². The molecule has 0 aromatic heterocycles. The number of urea groups is 1. The lowest BCUT2D eigenvalue weighted by molar-refractivity contribution is 0.0796. The van der Waals surface area contributed by atoms with Crippen molar-refractivity contribution in [2.75, 3.05) is 43.4 Å². The van der Waals surface area contributed by atoms with Crippen molar-refractivity contribution in [3.8, 4) is 0 Å². The number of rotatable bonds is 2. The first-order chi connectivity index (χ1) is 11.5. The zero-order valence-electron chi connectivity index (χ0n) is 14.8. The summed E-state index contributed by atoms with van der Waals surface area (Å²) >= 11 is 6.44. The number of hydrogen-bond donors (Lipinski definition) is 1. The second kappa shape index (κ2) is 7.19. The molecular formula is C18H27ClN4O. The number of hydrogen-bond acceptors (Lipinski definition) is 3. The van der Waals surface area contributed by atoms with Crippen molar-refractivity contribution in [2.45, 2.75) is 38.8 Å². The molecule has 0 radical (unpaired) electrons. The molecule has 2 atom stereocenters. The molecule has 2 amide bonds. The van der Waals surface area contributed by atoms with E-state index in [4.69, 9.17) is 11.6 Å². The van der Waals surface area contributed by atoms with E-state index in [1.165, 1.54) is 12.8 Å². The number of carbonyl (C=O) groups is 1. The van der Waals surface area contributed by atoms with Gasteiger partial charge in [0.25, 0.3) is 0 Å². The molecule has 1 aromatic rings. The van der Waals surface area contributed by atoms with Gasteiger partial charge >= 0.3 is 6.03 Å². The Hall–Kier alpha value is -1.46. The highest BCUT2D eigenvalue weighted by Gasteiger charge is 2.31. The lowest BCUT2D eigenvalue weighted by atomic mass is 10.1. The van der Waals surface area contributed by atoms with Crippen molar-refractivity contribution in [1.29, 1.82) is 0 Å². The number of amides is 2. The Morgan fingerprint density at radius 2 is 1.83 bits per heavy atom. The summed E-state index contributed by atoms with van der Waals surface area (Å²) in [7, 11) is 2.10. The van der Waals surface area contributed by atoms with Gasteiger partial charge in [0.15, 0.2) is 0 Å². The molecule has 2 saturated heterocycles. The fraction of sp³-hybridized carbons (Fsp3) is 0.611. The van der Waals surface area contributed by atoms with E-state index in [9.17, 15) is 4.79 Å². The number of halogens is 1. The molecule has 24 heavy (non-hydrogen) atoms. The summed E-state index contributed by atoms with van der Waals surface area (Å²) in [6.45, 7) is 8.01. The summed E-state index contributed by atoms with van der Waals surface area (Å²) < 4.78 is 0. The Morgan fingerprint density at radius 3 is 2.50 bits per heavy atom. The largest absolute Gasteiger partial charge is 0.370 e. The number of nitrogens with zero attached hydrogens (tertiary/aromatic N) is 3. The molecule has 2 heterocycles. The van der Waals surface area contributed by atoms with E-state index in [-0.39, 0.29) is 12.1 Å². The van der Waals surface area contributed by atoms with Crippen LogP contribution in [0.1, 0.15) is 26.7 Å². The summed E-state index contributed by atoms with van der Waals surface area (Å²) in [6.07, 6.45) is 2.43. The van der Waals surface area contributed by atoms with E-state index in [1.54, 1.807) is 0 Å². The van der Waals surface area contributed by atoms with Gasteiger partial charge in [-0.2, -0.15) is 0 Å². The van der Waals surface area contributed by atoms with Crippen LogP contribution in [0.3, 0.4) is 0 Å². The lowest BCUT2D eigenvalue weighted by Crippen LogP contribution is -2.58. The van der Waals surface area contributed by atoms with Gasteiger partial charge in [0, 0.05) is 44.0 Å². The third-order valence-electron chi connectivity index (χ3n) is 5.49. The first-order valence-corrected chi connectivity index (χ1v) is 9.17. The van der Waals surface area contributed by atoms with Crippen LogP contribution in [0.25, 0.3) is 0 Å². The Balaban J connectivity index is 1.67. The first-order valence-electron chi connectivity index (χ1n) is 8.79. The van der Waals surface area contributed by atoms with Crippen LogP contribution in [-0.4, -0.2) is 61.1 Å². The summed E-state index contributed by atoms with van der Waals surface area (Å²) in [5, 5.41) is 3.70. The summed E-state index contributed by atoms with van der Waals surface area (Å²) in [5.74, 6) is 0. The molecule has 2 fully saturated rings. The van der Waals surface area contributed by atoms with Gasteiger partial charge in [0.2, 0.25) is 0 Å². The van der Waals surface area contributed by atoms with Crippen LogP contribution in [0.2, 0.25) is 5.02 Å². The van der Waals surface area contributed by atoms with Crippen LogP contribution in [0.15, 0.2) is 18.2 Å². The highest BCUT2D eigenvalue weighted by atomic mass is 35.5. The SMILES string of the molecule is C[C@@H]1[C@H](C)N(C)CCN1C(=O)Nc1ccc(N2CCCC2)c(Cl)c1. The average Bonchev–Trinajstić information content (AvgIpc) is 3.07. The van der Waals surface area contributed by atoms with E-state index in [2.05, 4.69) is 36.0 Å². The average molecular weight is 351 g/mol. The van der Waals surface area contributed by atoms with E-state index < -0.39 is 0 Å². The van der Waals surface area contributed by atoms with Crippen LogP contribution in [0.5, 0.6) is 0 Å². The molecule has 1 aromatic carbocycles. The summed E-state index contributed by atoms with van der Waals surface area (Å²) in [5.41, 5.74) is 1.82. The first kappa shape index (κ1) is 17.4. The Bertz CT molecular complexity index is 603. The van der Waals surface area contributed by atoms with Gasteiger partial charge in [-0.1, -0.05) is 11.6 Å². The van der Waals surface area contributed by atoms with Crippen molar-refractivity contribution < 1.29 is 4.79 Å². The summed E-state index contributed by atoms with van der Waals surface area (Å²) in [4.78, 5) is 19.1. The smallest absolute Gasteiger partial charge is 0.322 e. The van der Waals surface area contributed by atoms with Crippen LogP contribution in [-0.2, 0) is 0 Å². The molecule has 2 aliphatic rings. The van der Waals surface area contributed by atoms with Crippen LogP contribution in [0.4, 0.5) is 16.2 Å². The topological polar surface area (TPSA) is 38.8 Å². The van der Waals surface area contributed by atoms with Gasteiger partial charge in [-0.05, 0) is 51.9 Å². The Kier molecular flexibility index (Phi) is 5.21. The molecule has 132 valence electrons. The number of anilines is 2. The van der Waals surface area contributed by atoms with Crippen molar-refractivity contribution in [3.63, 3.8) is 0 Å². The summed E-state index contributed by atoms with van der Waals surface area (Å²) in [6, 6.07) is 6.30. The van der Waals surface area contributed by atoms with Crippen molar-refractivity contribution in [3.05, 3.63) is 23.2 Å². The molecule has 0 bridgehead atoms. The van der Waals surface area contributed by atoms with Gasteiger partial charge in [-0.3, -0.25) is 4.90 Å². The highest BCUT2D eigenvalue weighted by molar-refractivity contribution is 6.33. The van der Waals surface area contributed by atoms with E-state index >= 15 is 0 Å². The van der Waals surface area contributed by atoms with E-state index in [0.717, 1.165) is 37.6 Å². The lowest BCUT2D eigenvalue weighted by Gasteiger charge is -2.43. The quantitative estimate of drug-likeness (QED) is 0.887. The van der Waals surface area contributed by atoms with Crippen molar-refractivity contribution in [2.24, 2.45) is 0 Å². The Labute approximate surface area is 149 Å². The van der Waals surface area contributed by atoms with Gasteiger partial charge in [0.1, 0.15) is 0 Å². The number of likely N-dealkylation sites (N-methyl/N-ethyl adjacent to an activating group) is 1. The predicted molar refractivity (Wildman–Crippen MR) is 100 cm³/mol. The highest BCUT2D eigenvalue weighted by Crippen LogP contribution is 2.31. The third kappa shape index (κ3) is 3.47. The fourth-order valence-electron chi connectivity index (χ4n) is 3.58. The van der Waals surface area contributed by atoms with Gasteiger partial charge in [0.05, 0.1) is 10.7 Å². The Morgan fingerprint density at radius 1 is 1.12 bits per heavy atom. The maximum atomic E-state index is 12.6. The molecular weight excluding hydrogens is 324 g/mol. The molecule has 5 nitrogen and oxygen atoms in total. The molecule has 2 aliphatic heterocycles. The number of carbonyl (C=O) groups excluding carboxylic acids is 1. The maximum Gasteiger partial charge on any atom is 0.322 e. The van der Waals surface area contributed by atoms with Gasteiger partial charge in [-0.15, -0.1) is 0 Å². The minimum Gasteiger partial charge on any atom is -0.370 e. The fourth-order valence-corrected chi connectivity index (χ4v) is 3.88. The van der Waals surface area contributed by atoms with Crippen LogP contribution >= 0.6 is 11.6 Å². The second-order valence-corrected chi connectivity index (χ2v) is 7.35. The zero-order chi connectivity index (χ0) is 17.3. The van der Waals surface area contributed by atoms with Gasteiger partial charge in [-0.25, -0.2) is 4.79 Å². The number of benzene rings is 1. The van der Waals surface area contributed by atoms with Crippen molar-refractivity contribution in [1.82, 2.24) is 9.80 Å². The molecule has 0 saturated carbocycles. The van der Waals surface area contributed by atoms with Crippen LogP contribution in [0, 0.1) is 0 Å². The molecule has 3 rings (SSSR count). The molecule has 0 unspecified atom stereocenters. The minimum absolute atomic E-state index is 0.0487. The standard InChI is InChI=1S/C18H27ClN4O/c1-13-14(2)23(11-10-21(13)3)18(24)20-15-6-7-17(16(19)12-15)22-8-4-5-9-22/h6-7,12-14H,4-5,8-11H2,1-3H3,(H,20,24)/t13-,14+/m0/s1. The van der Waals surface area contributed by atoms with Crippen LogP contribution < -0.4 is 10.2 Å². The normalized spacial score (nSPS) is 25.2. The van der Waals surface area contributed by atoms with Gasteiger partial charge < -0.3 is 15.1 Å². The monoisotopic (exact) mass is 350 g/mol.